The van der Waals surface area contributed by atoms with Crippen LogP contribution in [0.4, 0.5) is 0 Å². The summed E-state index contributed by atoms with van der Waals surface area (Å²) in [5.74, 6) is 1.84. The lowest BCUT2D eigenvalue weighted by atomic mass is 10.0. The molecule has 3 aromatic carbocycles. The molecule has 5 heteroatoms. The van der Waals surface area contributed by atoms with Gasteiger partial charge in [-0.05, 0) is 60.0 Å². The van der Waals surface area contributed by atoms with Crippen molar-refractivity contribution in [2.45, 2.75) is 26.3 Å². The predicted octanol–water partition coefficient (Wildman–Crippen LogP) is 5.92. The Morgan fingerprint density at radius 2 is 1.77 bits per heavy atom. The number of hydrogen-bond donors (Lipinski definition) is 0. The van der Waals surface area contributed by atoms with E-state index in [1.165, 1.54) is 5.56 Å². The number of hydrogen-bond acceptors (Lipinski definition) is 3. The first-order valence-electron chi connectivity index (χ1n) is 10.0. The molecule has 0 amide bonds. The molecule has 0 unspecified atom stereocenters. The van der Waals surface area contributed by atoms with Crippen LogP contribution >= 0.6 is 11.6 Å². The minimum Gasteiger partial charge on any atom is -0.492 e. The average molecular weight is 419 g/mol. The zero-order chi connectivity index (χ0) is 21.1. The summed E-state index contributed by atoms with van der Waals surface area (Å²) < 4.78 is 7.65. The number of benzene rings is 3. The maximum atomic E-state index is 13.2. The van der Waals surface area contributed by atoms with Crippen LogP contribution in [0.25, 0.3) is 22.3 Å². The molecule has 1 heterocycles. The van der Waals surface area contributed by atoms with Gasteiger partial charge >= 0.3 is 0 Å². The standard InChI is InChI=1S/C25H23ClN2O2/c1-17(2)19-6-5-7-21(16-19)30-15-14-28-24(18-10-12-20(26)13-11-18)27-23-9-4-3-8-22(23)25(28)29/h3-13,16-17H,14-15H2,1-2H3. The molecule has 0 fully saturated rings. The zero-order valence-corrected chi connectivity index (χ0v) is 17.8. The second-order valence-electron chi connectivity index (χ2n) is 7.49. The molecule has 0 atom stereocenters. The van der Waals surface area contributed by atoms with E-state index in [2.05, 4.69) is 19.9 Å². The van der Waals surface area contributed by atoms with E-state index in [-0.39, 0.29) is 5.56 Å². The summed E-state index contributed by atoms with van der Waals surface area (Å²) in [4.78, 5) is 18.0. The molecular weight excluding hydrogens is 396 g/mol. The number of nitrogens with zero attached hydrogens (tertiary/aromatic N) is 2. The number of fused-ring (bicyclic) bond motifs is 1. The van der Waals surface area contributed by atoms with Crippen LogP contribution in [0.1, 0.15) is 25.3 Å². The summed E-state index contributed by atoms with van der Waals surface area (Å²) in [5.41, 5.74) is 2.65. The van der Waals surface area contributed by atoms with Gasteiger partial charge in [0.05, 0.1) is 17.4 Å². The third-order valence-corrected chi connectivity index (χ3v) is 5.32. The van der Waals surface area contributed by atoms with Crippen LogP contribution in [0, 0.1) is 0 Å². The first-order chi connectivity index (χ1) is 14.5. The summed E-state index contributed by atoms with van der Waals surface area (Å²) in [6.45, 7) is 5.05. The topological polar surface area (TPSA) is 44.1 Å². The van der Waals surface area contributed by atoms with E-state index in [1.54, 1.807) is 22.8 Å². The Morgan fingerprint density at radius 3 is 2.53 bits per heavy atom. The number of rotatable bonds is 6. The Labute approximate surface area is 180 Å². The minimum absolute atomic E-state index is 0.0786. The van der Waals surface area contributed by atoms with Crippen molar-refractivity contribution in [1.29, 1.82) is 0 Å². The fourth-order valence-corrected chi connectivity index (χ4v) is 3.54. The van der Waals surface area contributed by atoms with Gasteiger partial charge in [-0.15, -0.1) is 0 Å². The van der Waals surface area contributed by atoms with E-state index in [0.717, 1.165) is 11.3 Å². The average Bonchev–Trinajstić information content (AvgIpc) is 2.76. The lowest BCUT2D eigenvalue weighted by molar-refractivity contribution is 0.296. The molecule has 0 radical (unpaired) electrons. The fourth-order valence-electron chi connectivity index (χ4n) is 3.41. The summed E-state index contributed by atoms with van der Waals surface area (Å²) in [6.07, 6.45) is 0. The molecule has 1 aromatic heterocycles. The first-order valence-corrected chi connectivity index (χ1v) is 10.4. The Bertz CT molecular complexity index is 1230. The normalized spacial score (nSPS) is 11.2. The van der Waals surface area contributed by atoms with Crippen LogP contribution in [0.5, 0.6) is 5.75 Å². The van der Waals surface area contributed by atoms with Crippen LogP contribution in [0.15, 0.2) is 77.6 Å². The van der Waals surface area contributed by atoms with E-state index < -0.39 is 0 Å². The molecular formula is C25H23ClN2O2. The van der Waals surface area contributed by atoms with E-state index in [9.17, 15) is 4.79 Å². The quantitative estimate of drug-likeness (QED) is 0.390. The number of ether oxygens (including phenoxy) is 1. The van der Waals surface area contributed by atoms with Crippen LogP contribution < -0.4 is 10.3 Å². The first kappa shape index (κ1) is 20.2. The third kappa shape index (κ3) is 4.24. The van der Waals surface area contributed by atoms with Gasteiger partial charge in [-0.3, -0.25) is 9.36 Å². The smallest absolute Gasteiger partial charge is 0.261 e. The van der Waals surface area contributed by atoms with Gasteiger partial charge in [-0.25, -0.2) is 4.98 Å². The minimum atomic E-state index is -0.0786. The predicted molar refractivity (Wildman–Crippen MR) is 122 cm³/mol. The van der Waals surface area contributed by atoms with Crippen LogP contribution in [0.3, 0.4) is 0 Å². The molecule has 0 spiro atoms. The van der Waals surface area contributed by atoms with Crippen LogP contribution in [-0.2, 0) is 6.54 Å². The fraction of sp³-hybridized carbons (Fsp3) is 0.200. The Balaban J connectivity index is 1.67. The van der Waals surface area contributed by atoms with E-state index >= 15 is 0 Å². The highest BCUT2D eigenvalue weighted by Crippen LogP contribution is 2.22. The maximum absolute atomic E-state index is 13.2. The SMILES string of the molecule is CC(C)c1cccc(OCCn2c(-c3ccc(Cl)cc3)nc3ccccc3c2=O)c1. The van der Waals surface area contributed by atoms with Gasteiger partial charge in [0.1, 0.15) is 18.2 Å². The maximum Gasteiger partial charge on any atom is 0.261 e. The summed E-state index contributed by atoms with van der Waals surface area (Å²) in [7, 11) is 0. The highest BCUT2D eigenvalue weighted by Gasteiger charge is 2.13. The third-order valence-electron chi connectivity index (χ3n) is 5.07. The highest BCUT2D eigenvalue weighted by molar-refractivity contribution is 6.30. The molecule has 0 N–H and O–H groups in total. The van der Waals surface area contributed by atoms with Gasteiger partial charge in [0.15, 0.2) is 0 Å². The summed E-state index contributed by atoms with van der Waals surface area (Å²) >= 11 is 6.04. The molecule has 0 aliphatic rings. The Morgan fingerprint density at radius 1 is 1.00 bits per heavy atom. The zero-order valence-electron chi connectivity index (χ0n) is 17.0. The largest absolute Gasteiger partial charge is 0.492 e. The molecule has 4 rings (SSSR count). The number of halogens is 1. The summed E-state index contributed by atoms with van der Waals surface area (Å²) in [5, 5.41) is 1.24. The second-order valence-corrected chi connectivity index (χ2v) is 7.93. The van der Waals surface area contributed by atoms with Gasteiger partial charge < -0.3 is 4.74 Å². The molecule has 30 heavy (non-hydrogen) atoms. The van der Waals surface area contributed by atoms with Crippen LogP contribution in [-0.4, -0.2) is 16.2 Å². The molecule has 152 valence electrons. The molecule has 0 aliphatic carbocycles. The summed E-state index contributed by atoms with van der Waals surface area (Å²) in [6, 6.07) is 22.8. The molecule has 4 nitrogen and oxygen atoms in total. The monoisotopic (exact) mass is 418 g/mol. The van der Waals surface area contributed by atoms with Crippen molar-refractivity contribution < 1.29 is 4.74 Å². The van der Waals surface area contributed by atoms with Crippen LogP contribution in [0.2, 0.25) is 5.02 Å². The van der Waals surface area contributed by atoms with Crippen molar-refractivity contribution in [3.05, 3.63) is 93.7 Å². The highest BCUT2D eigenvalue weighted by atomic mass is 35.5. The van der Waals surface area contributed by atoms with E-state index in [1.807, 2.05) is 48.5 Å². The van der Waals surface area contributed by atoms with Gasteiger partial charge in [0, 0.05) is 10.6 Å². The molecule has 4 aromatic rings. The number of aromatic nitrogens is 2. The molecule has 0 bridgehead atoms. The lowest BCUT2D eigenvalue weighted by Crippen LogP contribution is -2.26. The lowest BCUT2D eigenvalue weighted by Gasteiger charge is -2.15. The van der Waals surface area contributed by atoms with E-state index in [0.29, 0.717) is 40.8 Å². The molecule has 0 aliphatic heterocycles. The molecule has 0 saturated heterocycles. The Kier molecular flexibility index (Phi) is 5.86. The van der Waals surface area contributed by atoms with Gasteiger partial charge in [0.2, 0.25) is 0 Å². The Hall–Kier alpha value is -3.11. The van der Waals surface area contributed by atoms with E-state index in [4.69, 9.17) is 21.3 Å². The molecule has 0 saturated carbocycles. The van der Waals surface area contributed by atoms with Gasteiger partial charge in [-0.1, -0.05) is 49.7 Å². The van der Waals surface area contributed by atoms with Crippen molar-refractivity contribution in [2.75, 3.05) is 6.61 Å². The van der Waals surface area contributed by atoms with Crippen molar-refractivity contribution in [3.63, 3.8) is 0 Å². The van der Waals surface area contributed by atoms with Crippen molar-refractivity contribution >= 4 is 22.5 Å². The van der Waals surface area contributed by atoms with Crippen molar-refractivity contribution in [1.82, 2.24) is 9.55 Å². The van der Waals surface area contributed by atoms with Crippen molar-refractivity contribution in [2.24, 2.45) is 0 Å². The number of para-hydroxylation sites is 1. The van der Waals surface area contributed by atoms with Gasteiger partial charge in [-0.2, -0.15) is 0 Å². The van der Waals surface area contributed by atoms with Crippen molar-refractivity contribution in [3.8, 4) is 17.1 Å². The second kappa shape index (κ2) is 8.72. The van der Waals surface area contributed by atoms with Gasteiger partial charge in [0.25, 0.3) is 5.56 Å².